The van der Waals surface area contributed by atoms with E-state index in [1.165, 1.54) is 5.69 Å². The third-order valence-electron chi connectivity index (χ3n) is 3.09. The Balaban J connectivity index is 0. The van der Waals surface area contributed by atoms with Gasteiger partial charge in [0.05, 0.1) is 12.8 Å². The van der Waals surface area contributed by atoms with E-state index in [4.69, 9.17) is 10.5 Å². The second-order valence-corrected chi connectivity index (χ2v) is 4.71. The van der Waals surface area contributed by atoms with Gasteiger partial charge in [-0.15, -0.1) is 0 Å². The molecule has 2 N–H and O–H groups in total. The van der Waals surface area contributed by atoms with Crippen molar-refractivity contribution in [1.29, 1.82) is 0 Å². The predicted octanol–water partition coefficient (Wildman–Crippen LogP) is 2.55. The molecule has 0 amide bonds. The van der Waals surface area contributed by atoms with E-state index in [1.807, 2.05) is 12.1 Å². The van der Waals surface area contributed by atoms with Gasteiger partial charge in [0.1, 0.15) is 5.75 Å². The highest BCUT2D eigenvalue weighted by molar-refractivity contribution is 6.50. The Labute approximate surface area is 124 Å². The molecule has 1 aromatic rings. The predicted molar refractivity (Wildman–Crippen MR) is 79.5 cm³/mol. The first-order valence-electron chi connectivity index (χ1n) is 6.45. The van der Waals surface area contributed by atoms with Crippen molar-refractivity contribution in [2.75, 3.05) is 51.0 Å². The molecule has 0 atom stereocenters. The highest BCUT2D eigenvalue weighted by atomic mass is 19.5. The lowest BCUT2D eigenvalue weighted by Gasteiger charge is -2.34. The van der Waals surface area contributed by atoms with Gasteiger partial charge in [0, 0.05) is 37.9 Å². The molecule has 2 rings (SSSR count). The number of nitrogens with zero attached hydrogens (tertiary/aromatic N) is 2. The van der Waals surface area contributed by atoms with Crippen LogP contribution < -0.4 is 15.4 Å². The van der Waals surface area contributed by atoms with Gasteiger partial charge in [0.15, 0.2) is 0 Å². The van der Waals surface area contributed by atoms with Gasteiger partial charge < -0.3 is 37.5 Å². The molecular formula is C12H21BF4N3O+. The smallest absolute Gasteiger partial charge is 0.495 e. The number of ether oxygens (including phenoxy) is 1. The Hall–Kier alpha value is -1.64. The summed E-state index contributed by atoms with van der Waals surface area (Å²) in [6.45, 7) is 4.33. The average Bonchev–Trinajstić information content (AvgIpc) is 2.38. The van der Waals surface area contributed by atoms with Crippen LogP contribution in [0.2, 0.25) is 0 Å². The van der Waals surface area contributed by atoms with Gasteiger partial charge in [0.2, 0.25) is 0 Å². The lowest BCUT2D eigenvalue weighted by Crippen LogP contribution is -2.44. The van der Waals surface area contributed by atoms with Gasteiger partial charge in [-0.25, -0.2) is 0 Å². The number of hydrogen-bond acceptors (Lipinski definition) is 4. The van der Waals surface area contributed by atoms with Crippen LogP contribution in [-0.4, -0.2) is 52.5 Å². The first kappa shape index (κ1) is 17.4. The van der Waals surface area contributed by atoms with E-state index in [1.54, 1.807) is 7.11 Å². The van der Waals surface area contributed by atoms with Crippen molar-refractivity contribution >= 4 is 18.6 Å². The van der Waals surface area contributed by atoms with Gasteiger partial charge in [0.25, 0.3) is 0 Å². The van der Waals surface area contributed by atoms with E-state index in [0.717, 1.165) is 31.9 Å². The third-order valence-corrected chi connectivity index (χ3v) is 3.09. The monoisotopic (exact) mass is 310 g/mol. The number of nitrogens with two attached hydrogens (primary N) is 1. The maximum Gasteiger partial charge on any atom is 1.00 e. The fraction of sp³-hybridized carbons (Fsp3) is 0.500. The highest BCUT2D eigenvalue weighted by Gasteiger charge is 2.20. The summed E-state index contributed by atoms with van der Waals surface area (Å²) in [4.78, 5) is 4.70. The van der Waals surface area contributed by atoms with Crippen LogP contribution in [0.15, 0.2) is 18.2 Å². The molecule has 1 aromatic carbocycles. The lowest BCUT2D eigenvalue weighted by atomic mass is 10.2. The van der Waals surface area contributed by atoms with Gasteiger partial charge in [-0.2, -0.15) is 0 Å². The maximum atomic E-state index is 9.75. The highest BCUT2D eigenvalue weighted by Crippen LogP contribution is 2.27. The zero-order valence-electron chi connectivity index (χ0n) is 14.0. The van der Waals surface area contributed by atoms with E-state index in [0.29, 0.717) is 5.69 Å². The van der Waals surface area contributed by atoms with Crippen molar-refractivity contribution < 1.29 is 24.9 Å². The van der Waals surface area contributed by atoms with Crippen molar-refractivity contribution in [2.24, 2.45) is 0 Å². The van der Waals surface area contributed by atoms with Gasteiger partial charge >= 0.3 is 10.1 Å². The van der Waals surface area contributed by atoms with Crippen LogP contribution >= 0.6 is 0 Å². The van der Waals surface area contributed by atoms with Gasteiger partial charge in [-0.3, -0.25) is 0 Å². The molecule has 0 spiro atoms. The number of rotatable bonds is 2. The molecule has 1 heterocycles. The molecule has 0 radical (unpaired) electrons. The number of likely N-dealkylation sites (N-methyl/N-ethyl adjacent to an activating group) is 1. The molecular weight excluding hydrogens is 289 g/mol. The van der Waals surface area contributed by atoms with Crippen LogP contribution in [0, 0.1) is 0 Å². The number of benzene rings is 1. The van der Waals surface area contributed by atoms with Crippen molar-refractivity contribution in [2.45, 2.75) is 0 Å². The number of nitrogen functional groups attached to an aromatic ring is 1. The minimum absolute atomic E-state index is 0. The van der Waals surface area contributed by atoms with Crippen LogP contribution in [0.5, 0.6) is 5.75 Å². The molecule has 9 heteroatoms. The summed E-state index contributed by atoms with van der Waals surface area (Å²) in [7, 11) is -2.19. The molecule has 0 saturated carbocycles. The zero-order chi connectivity index (χ0) is 16.0. The molecule has 0 aliphatic carbocycles. The minimum atomic E-state index is -6.00. The number of methoxy groups -OCH3 is 1. The maximum absolute atomic E-state index is 9.75. The SMILES string of the molecule is COc1cc(N2CCN(C)CC2)ccc1N.F[B-](F)(F)F.[H+].[H+]. The second-order valence-electron chi connectivity index (χ2n) is 4.71. The van der Waals surface area contributed by atoms with E-state index in [-0.39, 0.29) is 2.85 Å². The summed E-state index contributed by atoms with van der Waals surface area (Å²) < 4.78 is 44.2. The molecule has 0 unspecified atom stereocenters. The lowest BCUT2D eigenvalue weighted by molar-refractivity contribution is 0.312. The summed E-state index contributed by atoms with van der Waals surface area (Å²) in [5.41, 5.74) is 7.69. The molecule has 1 saturated heterocycles. The van der Waals surface area contributed by atoms with Crippen LogP contribution in [-0.2, 0) is 0 Å². The number of halogens is 4. The minimum Gasteiger partial charge on any atom is -0.495 e. The van der Waals surface area contributed by atoms with Crippen LogP contribution in [0.4, 0.5) is 28.6 Å². The molecule has 4 nitrogen and oxygen atoms in total. The first-order chi connectivity index (χ1) is 9.70. The van der Waals surface area contributed by atoms with E-state index >= 15 is 0 Å². The fourth-order valence-corrected chi connectivity index (χ4v) is 1.96. The zero-order valence-corrected chi connectivity index (χ0v) is 12.0. The van der Waals surface area contributed by atoms with Gasteiger partial charge in [-0.05, 0) is 19.2 Å². The van der Waals surface area contributed by atoms with E-state index in [2.05, 4.69) is 22.9 Å². The van der Waals surface area contributed by atoms with Crippen LogP contribution in [0.25, 0.3) is 0 Å². The molecule has 1 fully saturated rings. The van der Waals surface area contributed by atoms with E-state index in [9.17, 15) is 17.3 Å². The molecule has 1 aliphatic rings. The Morgan fingerprint density at radius 1 is 1.14 bits per heavy atom. The second kappa shape index (κ2) is 7.40. The summed E-state index contributed by atoms with van der Waals surface area (Å²) >= 11 is 0. The fourth-order valence-electron chi connectivity index (χ4n) is 1.96. The van der Waals surface area contributed by atoms with Crippen LogP contribution in [0.1, 0.15) is 2.85 Å². The summed E-state index contributed by atoms with van der Waals surface area (Å²) in [6.07, 6.45) is 0. The van der Waals surface area contributed by atoms with Crippen molar-refractivity contribution in [3.63, 3.8) is 0 Å². The molecule has 21 heavy (non-hydrogen) atoms. The average molecular weight is 310 g/mol. The van der Waals surface area contributed by atoms with Crippen molar-refractivity contribution in [3.05, 3.63) is 18.2 Å². The molecule has 0 aromatic heterocycles. The standard InChI is InChI=1S/C12H19N3O.BF4/c1-14-5-7-15(8-6-14)10-3-4-11(13)12(9-10)16-2;2-1(3,4)5/h3-4,9H,5-8,13H2,1-2H3;/q;-1/p+2. The Kier molecular flexibility index (Phi) is 6.13. The summed E-state index contributed by atoms with van der Waals surface area (Å²) in [5, 5.41) is 0. The Bertz CT molecular complexity index is 454. The molecule has 1 aliphatic heterocycles. The molecule has 120 valence electrons. The van der Waals surface area contributed by atoms with Gasteiger partial charge in [-0.1, -0.05) is 0 Å². The molecule has 0 bridgehead atoms. The number of hydrogen-bond donors (Lipinski definition) is 1. The third kappa shape index (κ3) is 6.57. The first-order valence-corrected chi connectivity index (χ1v) is 6.45. The Morgan fingerprint density at radius 3 is 2.14 bits per heavy atom. The largest absolute Gasteiger partial charge is 1.00 e. The quantitative estimate of drug-likeness (QED) is 0.518. The van der Waals surface area contributed by atoms with Crippen molar-refractivity contribution in [3.8, 4) is 5.75 Å². The Morgan fingerprint density at radius 2 is 1.67 bits per heavy atom. The van der Waals surface area contributed by atoms with Crippen LogP contribution in [0.3, 0.4) is 0 Å². The van der Waals surface area contributed by atoms with Crippen molar-refractivity contribution in [1.82, 2.24) is 4.90 Å². The number of anilines is 2. The summed E-state index contributed by atoms with van der Waals surface area (Å²) in [5.74, 6) is 0.761. The number of piperazine rings is 1. The summed E-state index contributed by atoms with van der Waals surface area (Å²) in [6, 6.07) is 5.98. The normalized spacial score (nSPS) is 16.2. The van der Waals surface area contributed by atoms with E-state index < -0.39 is 7.25 Å². The topological polar surface area (TPSA) is 41.7 Å².